The van der Waals surface area contributed by atoms with Crippen LogP contribution in [0.4, 0.5) is 22.0 Å². The Kier molecular flexibility index (Phi) is 3.72. The molecule has 17 heavy (non-hydrogen) atoms. The third-order valence-electron chi connectivity index (χ3n) is 1.50. The van der Waals surface area contributed by atoms with E-state index in [1.807, 2.05) is 0 Å². The van der Waals surface area contributed by atoms with Crippen molar-refractivity contribution < 1.29 is 34.6 Å². The zero-order valence-corrected chi connectivity index (χ0v) is 8.78. The topological polar surface area (TPSA) is 43.4 Å². The summed E-state index contributed by atoms with van der Waals surface area (Å²) in [5.74, 6) is -2.47. The molecule has 0 saturated heterocycles. The lowest BCUT2D eigenvalue weighted by Gasteiger charge is -2.08. The van der Waals surface area contributed by atoms with Gasteiger partial charge in [-0.25, -0.2) is 8.78 Å². The molecule has 0 fully saturated rings. The molecule has 0 N–H and O–H groups in total. The van der Waals surface area contributed by atoms with Gasteiger partial charge in [0, 0.05) is 6.07 Å². The van der Waals surface area contributed by atoms with Gasteiger partial charge in [-0.1, -0.05) is 0 Å². The van der Waals surface area contributed by atoms with Gasteiger partial charge in [0.25, 0.3) is 10.1 Å². The molecule has 9 heteroatoms. The van der Waals surface area contributed by atoms with Crippen molar-refractivity contribution in [1.82, 2.24) is 0 Å². The molecule has 0 saturated carbocycles. The van der Waals surface area contributed by atoms with Crippen LogP contribution < -0.4 is 0 Å². The van der Waals surface area contributed by atoms with Crippen molar-refractivity contribution in [2.24, 2.45) is 0 Å². The molecular formula is C8H5F5O3S. The van der Waals surface area contributed by atoms with E-state index in [1.165, 1.54) is 0 Å². The van der Waals surface area contributed by atoms with Crippen molar-refractivity contribution in [1.29, 1.82) is 0 Å². The first-order valence-corrected chi connectivity index (χ1v) is 5.43. The summed E-state index contributed by atoms with van der Waals surface area (Å²) in [7, 11) is -4.84. The number of hydrogen-bond acceptors (Lipinski definition) is 3. The smallest absolute Gasteiger partial charge is 0.257 e. The Balaban J connectivity index is 2.98. The van der Waals surface area contributed by atoms with Gasteiger partial charge in [0.2, 0.25) is 0 Å². The zero-order chi connectivity index (χ0) is 13.3. The zero-order valence-electron chi connectivity index (χ0n) is 7.96. The third-order valence-corrected chi connectivity index (χ3v) is 2.74. The average Bonchev–Trinajstić information content (AvgIpc) is 2.12. The predicted molar refractivity (Wildman–Crippen MR) is 45.6 cm³/mol. The molecule has 0 aliphatic carbocycles. The third kappa shape index (κ3) is 4.27. The molecule has 0 unspecified atom stereocenters. The highest BCUT2D eigenvalue weighted by atomic mass is 32.2. The summed E-state index contributed by atoms with van der Waals surface area (Å²) in [5.41, 5.74) is 0. The highest BCUT2D eigenvalue weighted by Crippen LogP contribution is 2.20. The lowest BCUT2D eigenvalue weighted by molar-refractivity contribution is -0.152. The molecular weight excluding hydrogens is 271 g/mol. The minimum Gasteiger partial charge on any atom is -0.257 e. The molecule has 3 nitrogen and oxygen atoms in total. The molecule has 0 aliphatic rings. The van der Waals surface area contributed by atoms with Crippen LogP contribution in [0.25, 0.3) is 0 Å². The summed E-state index contributed by atoms with van der Waals surface area (Å²) >= 11 is 0. The lowest BCUT2D eigenvalue weighted by Crippen LogP contribution is -2.20. The van der Waals surface area contributed by atoms with Gasteiger partial charge in [-0.15, -0.1) is 0 Å². The maximum absolute atomic E-state index is 12.7. The first-order valence-electron chi connectivity index (χ1n) is 4.02. The van der Waals surface area contributed by atoms with Gasteiger partial charge in [-0.05, 0) is 12.1 Å². The minimum absolute atomic E-state index is 0.356. The maximum atomic E-state index is 12.7. The molecule has 0 bridgehead atoms. The normalized spacial score (nSPS) is 12.8. The second kappa shape index (κ2) is 4.57. The monoisotopic (exact) mass is 276 g/mol. The Morgan fingerprint density at radius 3 is 1.94 bits per heavy atom. The van der Waals surface area contributed by atoms with E-state index in [-0.39, 0.29) is 0 Å². The fourth-order valence-electron chi connectivity index (χ4n) is 0.885. The molecule has 0 aromatic heterocycles. The fourth-order valence-corrected chi connectivity index (χ4v) is 1.82. The summed E-state index contributed by atoms with van der Waals surface area (Å²) in [6, 6.07) is 1.09. The minimum atomic E-state index is -4.86. The molecule has 0 radical (unpaired) electrons. The molecule has 0 spiro atoms. The Morgan fingerprint density at radius 1 is 1.06 bits per heavy atom. The molecule has 0 atom stereocenters. The maximum Gasteiger partial charge on any atom is 0.413 e. The number of alkyl halides is 3. The van der Waals surface area contributed by atoms with Crippen molar-refractivity contribution in [3.63, 3.8) is 0 Å². The van der Waals surface area contributed by atoms with Crippen LogP contribution in [-0.2, 0) is 14.3 Å². The van der Waals surface area contributed by atoms with Crippen LogP contribution in [0.3, 0.4) is 0 Å². The summed E-state index contributed by atoms with van der Waals surface area (Å²) in [6.45, 7) is -2.06. The standard InChI is InChI=1S/C8H5F5O3S/c9-5-1-6(10)3-7(2-5)17(14,15)16-4-8(11,12)13/h1-3H,4H2. The molecule has 1 aromatic carbocycles. The van der Waals surface area contributed by atoms with Gasteiger partial charge >= 0.3 is 6.18 Å². The quantitative estimate of drug-likeness (QED) is 0.628. The van der Waals surface area contributed by atoms with E-state index in [0.29, 0.717) is 18.2 Å². The lowest BCUT2D eigenvalue weighted by atomic mass is 10.3. The Labute approximate surface area is 92.9 Å². The van der Waals surface area contributed by atoms with Crippen molar-refractivity contribution in [2.75, 3.05) is 6.61 Å². The van der Waals surface area contributed by atoms with Crippen LogP contribution in [0.1, 0.15) is 0 Å². The van der Waals surface area contributed by atoms with E-state index < -0.39 is 39.4 Å². The molecule has 96 valence electrons. The summed E-state index contributed by atoms with van der Waals surface area (Å²) in [4.78, 5) is -1.01. The number of benzene rings is 1. The first kappa shape index (κ1) is 13.8. The number of halogens is 5. The average molecular weight is 276 g/mol. The largest absolute Gasteiger partial charge is 0.413 e. The first-order chi connectivity index (χ1) is 7.60. The van der Waals surface area contributed by atoms with Gasteiger partial charge in [0.05, 0.1) is 4.90 Å². The second-order valence-electron chi connectivity index (χ2n) is 2.94. The molecule has 0 amide bonds. The van der Waals surface area contributed by atoms with Crippen LogP contribution in [0.15, 0.2) is 23.1 Å². The Bertz CT molecular complexity index is 488. The van der Waals surface area contributed by atoms with Crippen LogP contribution in [-0.4, -0.2) is 21.2 Å². The number of rotatable bonds is 3. The molecule has 1 rings (SSSR count). The molecule has 0 aliphatic heterocycles. The second-order valence-corrected chi connectivity index (χ2v) is 4.55. The van der Waals surface area contributed by atoms with Gasteiger partial charge < -0.3 is 0 Å². The van der Waals surface area contributed by atoms with Crippen LogP contribution in [0.5, 0.6) is 0 Å². The van der Waals surface area contributed by atoms with Gasteiger partial charge in [0.15, 0.2) is 6.61 Å². The SMILES string of the molecule is O=S(=O)(OCC(F)(F)F)c1cc(F)cc(F)c1. The Morgan fingerprint density at radius 2 is 1.53 bits per heavy atom. The molecule has 0 heterocycles. The van der Waals surface area contributed by atoms with Crippen LogP contribution >= 0.6 is 0 Å². The van der Waals surface area contributed by atoms with Gasteiger partial charge in [0.1, 0.15) is 11.6 Å². The van der Waals surface area contributed by atoms with E-state index in [0.717, 1.165) is 0 Å². The highest BCUT2D eigenvalue weighted by molar-refractivity contribution is 7.86. The summed E-state index contributed by atoms with van der Waals surface area (Å²) in [5, 5.41) is 0. The predicted octanol–water partition coefficient (Wildman–Crippen LogP) is 2.23. The van der Waals surface area contributed by atoms with Gasteiger partial charge in [-0.2, -0.15) is 21.6 Å². The van der Waals surface area contributed by atoms with Crippen LogP contribution in [0, 0.1) is 11.6 Å². The Hall–Kier alpha value is -1.22. The van der Waals surface area contributed by atoms with E-state index in [2.05, 4.69) is 4.18 Å². The highest BCUT2D eigenvalue weighted by Gasteiger charge is 2.31. The number of hydrogen-bond donors (Lipinski definition) is 0. The van der Waals surface area contributed by atoms with Crippen molar-refractivity contribution in [2.45, 2.75) is 11.1 Å². The summed E-state index contributed by atoms with van der Waals surface area (Å²) in [6.07, 6.45) is -4.86. The van der Waals surface area contributed by atoms with E-state index >= 15 is 0 Å². The van der Waals surface area contributed by atoms with E-state index in [4.69, 9.17) is 0 Å². The molecule has 1 aromatic rings. The van der Waals surface area contributed by atoms with Crippen LogP contribution in [0.2, 0.25) is 0 Å². The summed E-state index contributed by atoms with van der Waals surface area (Å²) < 4.78 is 86.3. The fraction of sp³-hybridized carbons (Fsp3) is 0.250. The van der Waals surface area contributed by atoms with E-state index in [1.54, 1.807) is 0 Å². The van der Waals surface area contributed by atoms with E-state index in [9.17, 15) is 30.4 Å². The van der Waals surface area contributed by atoms with Crippen molar-refractivity contribution in [3.8, 4) is 0 Å². The van der Waals surface area contributed by atoms with Gasteiger partial charge in [-0.3, -0.25) is 4.18 Å². The van der Waals surface area contributed by atoms with Crippen molar-refractivity contribution in [3.05, 3.63) is 29.8 Å². The van der Waals surface area contributed by atoms with Crippen molar-refractivity contribution >= 4 is 10.1 Å².